The summed E-state index contributed by atoms with van der Waals surface area (Å²) in [4.78, 5) is 0. The van der Waals surface area contributed by atoms with Gasteiger partial charge in [0.05, 0.1) is 19.3 Å². The van der Waals surface area contributed by atoms with E-state index < -0.39 is 0 Å². The van der Waals surface area contributed by atoms with Crippen molar-refractivity contribution in [3.05, 3.63) is 0 Å². The molecule has 1 fully saturated rings. The zero-order valence-corrected chi connectivity index (χ0v) is 6.67. The third-order valence-corrected chi connectivity index (χ3v) is 2.00. The van der Waals surface area contributed by atoms with Crippen LogP contribution >= 0.6 is 22.6 Å². The Hall–Kier alpha value is 0.650. The van der Waals surface area contributed by atoms with Crippen molar-refractivity contribution < 1.29 is 9.84 Å². The molecule has 2 atom stereocenters. The van der Waals surface area contributed by atoms with Crippen molar-refractivity contribution in [1.29, 1.82) is 0 Å². The topological polar surface area (TPSA) is 29.5 Å². The van der Waals surface area contributed by atoms with Crippen LogP contribution in [-0.4, -0.2) is 28.3 Å². The number of aliphatic hydroxyl groups excluding tert-OH is 1. The van der Waals surface area contributed by atoms with Crippen LogP contribution in [-0.2, 0) is 4.74 Å². The van der Waals surface area contributed by atoms with E-state index >= 15 is 0 Å². The Kier molecular flexibility index (Phi) is 2.52. The van der Waals surface area contributed by atoms with Gasteiger partial charge in [0.1, 0.15) is 0 Å². The molecule has 0 aromatic carbocycles. The summed E-state index contributed by atoms with van der Waals surface area (Å²) in [6, 6.07) is 0. The van der Waals surface area contributed by atoms with Crippen LogP contribution in [0.3, 0.4) is 0 Å². The Morgan fingerprint density at radius 3 is 2.62 bits per heavy atom. The number of aliphatic hydroxyl groups is 1. The Balaban J connectivity index is 2.23. The van der Waals surface area contributed by atoms with Gasteiger partial charge in [-0.05, 0) is 6.42 Å². The molecular formula is C5H9IO2. The largest absolute Gasteiger partial charge is 0.391 e. The maximum absolute atomic E-state index is 8.95. The maximum atomic E-state index is 8.95. The molecule has 2 nitrogen and oxygen atoms in total. The summed E-state index contributed by atoms with van der Waals surface area (Å²) in [6.07, 6.45) is 0.672. The van der Waals surface area contributed by atoms with Crippen LogP contribution in [0.5, 0.6) is 0 Å². The van der Waals surface area contributed by atoms with E-state index in [9.17, 15) is 0 Å². The smallest absolute Gasteiger partial charge is 0.0784 e. The number of halogens is 1. The van der Waals surface area contributed by atoms with Crippen molar-refractivity contribution in [3.63, 3.8) is 0 Å². The van der Waals surface area contributed by atoms with Gasteiger partial charge in [-0.1, -0.05) is 22.6 Å². The standard InChI is InChI=1S/C5H9IO2/c6-4-1-5(7)3-8-2-4/h4-5,7H,1-3H2/t4-,5+/m1/s1. The minimum absolute atomic E-state index is 0.217. The van der Waals surface area contributed by atoms with Gasteiger partial charge in [-0.3, -0.25) is 0 Å². The van der Waals surface area contributed by atoms with E-state index in [1.807, 2.05) is 0 Å². The van der Waals surface area contributed by atoms with Crippen molar-refractivity contribution in [2.75, 3.05) is 13.2 Å². The first-order chi connectivity index (χ1) is 3.79. The van der Waals surface area contributed by atoms with E-state index in [1.165, 1.54) is 0 Å². The second-order valence-corrected chi connectivity index (χ2v) is 3.79. The van der Waals surface area contributed by atoms with E-state index in [0.29, 0.717) is 10.5 Å². The summed E-state index contributed by atoms with van der Waals surface area (Å²) in [5.41, 5.74) is 0. The summed E-state index contributed by atoms with van der Waals surface area (Å²) in [5, 5.41) is 8.95. The lowest BCUT2D eigenvalue weighted by Crippen LogP contribution is -2.29. The molecule has 0 aliphatic carbocycles. The van der Waals surface area contributed by atoms with Gasteiger partial charge in [0, 0.05) is 3.92 Å². The van der Waals surface area contributed by atoms with Gasteiger partial charge in [0.15, 0.2) is 0 Å². The Morgan fingerprint density at radius 1 is 1.50 bits per heavy atom. The molecule has 1 N–H and O–H groups in total. The first-order valence-corrected chi connectivity index (χ1v) is 3.93. The minimum atomic E-state index is -0.217. The van der Waals surface area contributed by atoms with Crippen molar-refractivity contribution in [1.82, 2.24) is 0 Å². The number of hydrogen-bond donors (Lipinski definition) is 1. The van der Waals surface area contributed by atoms with Gasteiger partial charge in [-0.15, -0.1) is 0 Å². The Labute approximate surface area is 62.4 Å². The molecule has 0 radical (unpaired) electrons. The fourth-order valence-electron chi connectivity index (χ4n) is 0.763. The molecular weight excluding hydrogens is 219 g/mol. The predicted molar refractivity (Wildman–Crippen MR) is 39.3 cm³/mol. The molecule has 0 amide bonds. The molecule has 0 aromatic heterocycles. The summed E-state index contributed by atoms with van der Waals surface area (Å²) in [7, 11) is 0. The molecule has 0 saturated carbocycles. The van der Waals surface area contributed by atoms with Gasteiger partial charge in [-0.2, -0.15) is 0 Å². The summed E-state index contributed by atoms with van der Waals surface area (Å²) >= 11 is 2.29. The monoisotopic (exact) mass is 228 g/mol. The van der Waals surface area contributed by atoms with Crippen LogP contribution in [0, 0.1) is 0 Å². The quantitative estimate of drug-likeness (QED) is 0.485. The fraction of sp³-hybridized carbons (Fsp3) is 1.00. The lowest BCUT2D eigenvalue weighted by molar-refractivity contribution is 0.000930. The second-order valence-electron chi connectivity index (χ2n) is 2.02. The van der Waals surface area contributed by atoms with Crippen LogP contribution < -0.4 is 0 Å². The molecule has 1 rings (SSSR count). The fourth-order valence-corrected chi connectivity index (χ4v) is 1.60. The highest BCUT2D eigenvalue weighted by Gasteiger charge is 2.17. The predicted octanol–water partition coefficient (Wildman–Crippen LogP) is 0.571. The van der Waals surface area contributed by atoms with E-state index in [1.54, 1.807) is 0 Å². The second kappa shape index (κ2) is 2.98. The van der Waals surface area contributed by atoms with Gasteiger partial charge in [-0.25, -0.2) is 0 Å². The number of rotatable bonds is 0. The van der Waals surface area contributed by atoms with Crippen molar-refractivity contribution >= 4 is 22.6 Å². The van der Waals surface area contributed by atoms with Crippen molar-refractivity contribution in [2.24, 2.45) is 0 Å². The van der Waals surface area contributed by atoms with E-state index in [0.717, 1.165) is 13.0 Å². The van der Waals surface area contributed by atoms with Crippen LogP contribution in [0.1, 0.15) is 6.42 Å². The zero-order chi connectivity index (χ0) is 5.98. The lowest BCUT2D eigenvalue weighted by atomic mass is 10.2. The molecule has 48 valence electrons. The molecule has 0 aromatic rings. The van der Waals surface area contributed by atoms with Gasteiger partial charge in [0.25, 0.3) is 0 Å². The van der Waals surface area contributed by atoms with E-state index in [4.69, 9.17) is 9.84 Å². The normalized spacial score (nSPS) is 39.8. The van der Waals surface area contributed by atoms with Crippen LogP contribution in [0.15, 0.2) is 0 Å². The van der Waals surface area contributed by atoms with Crippen LogP contribution in [0.25, 0.3) is 0 Å². The molecule has 0 bridgehead atoms. The lowest BCUT2D eigenvalue weighted by Gasteiger charge is -2.21. The third-order valence-electron chi connectivity index (χ3n) is 1.14. The third kappa shape index (κ3) is 1.87. The molecule has 1 aliphatic rings. The molecule has 1 aliphatic heterocycles. The first kappa shape index (κ1) is 6.77. The van der Waals surface area contributed by atoms with Gasteiger partial charge < -0.3 is 9.84 Å². The summed E-state index contributed by atoms with van der Waals surface area (Å²) in [5.74, 6) is 0. The van der Waals surface area contributed by atoms with Gasteiger partial charge in [0.2, 0.25) is 0 Å². The highest BCUT2D eigenvalue weighted by Crippen LogP contribution is 2.14. The average molecular weight is 228 g/mol. The highest BCUT2D eigenvalue weighted by molar-refractivity contribution is 14.1. The zero-order valence-electron chi connectivity index (χ0n) is 4.51. The molecule has 8 heavy (non-hydrogen) atoms. The number of hydrogen-bond acceptors (Lipinski definition) is 2. The van der Waals surface area contributed by atoms with Crippen molar-refractivity contribution in [3.8, 4) is 0 Å². The Morgan fingerprint density at radius 2 is 2.25 bits per heavy atom. The van der Waals surface area contributed by atoms with Crippen molar-refractivity contribution in [2.45, 2.75) is 16.4 Å². The summed E-state index contributed by atoms with van der Waals surface area (Å²) in [6.45, 7) is 1.33. The minimum Gasteiger partial charge on any atom is -0.391 e. The molecule has 1 heterocycles. The first-order valence-electron chi connectivity index (χ1n) is 2.69. The van der Waals surface area contributed by atoms with Crippen LogP contribution in [0.4, 0.5) is 0 Å². The van der Waals surface area contributed by atoms with E-state index in [2.05, 4.69) is 22.6 Å². The number of ether oxygens (including phenoxy) is 1. The number of alkyl halides is 1. The van der Waals surface area contributed by atoms with Crippen LogP contribution in [0.2, 0.25) is 0 Å². The van der Waals surface area contributed by atoms with Gasteiger partial charge >= 0.3 is 0 Å². The maximum Gasteiger partial charge on any atom is 0.0784 e. The highest BCUT2D eigenvalue weighted by atomic mass is 127. The Bertz CT molecular complexity index is 68.8. The SMILES string of the molecule is O[C@@H]1COC[C@H](I)C1. The molecule has 3 heteroatoms. The molecule has 1 saturated heterocycles. The molecule has 0 unspecified atom stereocenters. The summed E-state index contributed by atoms with van der Waals surface area (Å²) < 4.78 is 5.55. The average Bonchev–Trinajstić information content (AvgIpc) is 1.64. The van der Waals surface area contributed by atoms with E-state index in [-0.39, 0.29) is 6.10 Å². The molecule has 0 spiro atoms.